The van der Waals surface area contributed by atoms with Crippen molar-refractivity contribution in [1.82, 2.24) is 24.3 Å². The molecule has 2 aromatic carbocycles. The zero-order valence-electron chi connectivity index (χ0n) is 18.9. The van der Waals surface area contributed by atoms with Gasteiger partial charge in [-0.05, 0) is 50.1 Å². The lowest BCUT2D eigenvalue weighted by Crippen LogP contribution is -2.25. The van der Waals surface area contributed by atoms with Crippen LogP contribution in [0.2, 0.25) is 0 Å². The van der Waals surface area contributed by atoms with Crippen molar-refractivity contribution in [3.8, 4) is 0 Å². The second-order valence-corrected chi connectivity index (χ2v) is 8.86. The van der Waals surface area contributed by atoms with Gasteiger partial charge in [-0.3, -0.25) is 14.2 Å². The van der Waals surface area contributed by atoms with Gasteiger partial charge in [-0.2, -0.15) is 4.98 Å². The first-order valence-corrected chi connectivity index (χ1v) is 11.3. The zero-order chi connectivity index (χ0) is 24.1. The molecule has 35 heavy (non-hydrogen) atoms. The van der Waals surface area contributed by atoms with E-state index in [4.69, 9.17) is 4.52 Å². The van der Waals surface area contributed by atoms with Gasteiger partial charge in [-0.15, -0.1) is 0 Å². The van der Waals surface area contributed by atoms with Crippen molar-refractivity contribution in [2.24, 2.45) is 0 Å². The van der Waals surface area contributed by atoms with Crippen molar-refractivity contribution in [2.75, 3.05) is 5.32 Å². The van der Waals surface area contributed by atoms with E-state index in [2.05, 4.69) is 20.4 Å². The largest absolute Gasteiger partial charge is 0.337 e. The van der Waals surface area contributed by atoms with Crippen LogP contribution in [0.4, 0.5) is 10.1 Å². The highest BCUT2D eigenvalue weighted by atomic mass is 19.1. The number of aromatic nitrogens is 5. The molecule has 5 aromatic rings. The number of nitrogens with zero attached hydrogens (tertiary/aromatic N) is 5. The summed E-state index contributed by atoms with van der Waals surface area (Å²) in [5, 5.41) is 7.47. The Hall–Kier alpha value is -4.34. The van der Waals surface area contributed by atoms with E-state index in [0.29, 0.717) is 39.9 Å². The van der Waals surface area contributed by atoms with Gasteiger partial charge in [0.1, 0.15) is 29.9 Å². The Labute approximate surface area is 198 Å². The molecule has 0 aliphatic heterocycles. The zero-order valence-corrected chi connectivity index (χ0v) is 18.9. The van der Waals surface area contributed by atoms with Gasteiger partial charge >= 0.3 is 0 Å². The molecule has 0 unspecified atom stereocenters. The van der Waals surface area contributed by atoms with Crippen LogP contribution in [0.5, 0.6) is 0 Å². The highest BCUT2D eigenvalue weighted by Crippen LogP contribution is 2.38. The highest BCUT2D eigenvalue weighted by Gasteiger charge is 2.29. The third kappa shape index (κ3) is 3.96. The molecule has 1 N–H and O–H groups in total. The number of halogens is 1. The van der Waals surface area contributed by atoms with Gasteiger partial charge < -0.3 is 14.4 Å². The average Bonchev–Trinajstić information content (AvgIpc) is 3.50. The van der Waals surface area contributed by atoms with Crippen molar-refractivity contribution >= 4 is 33.5 Å². The quantitative estimate of drug-likeness (QED) is 0.403. The minimum atomic E-state index is -0.451. The fraction of sp³-hybridized carbons (Fsp3) is 0.240. The van der Waals surface area contributed by atoms with E-state index in [9.17, 15) is 14.0 Å². The fourth-order valence-corrected chi connectivity index (χ4v) is 4.29. The Balaban J connectivity index is 1.41. The molecule has 10 heteroatoms. The van der Waals surface area contributed by atoms with Gasteiger partial charge in [0.25, 0.3) is 5.56 Å². The monoisotopic (exact) mass is 472 g/mol. The molecule has 6 rings (SSSR count). The molecule has 3 heterocycles. The van der Waals surface area contributed by atoms with Crippen LogP contribution < -0.4 is 10.9 Å². The minimum absolute atomic E-state index is 0.0809. The number of fused-ring (bicyclic) bond motifs is 3. The maximum atomic E-state index is 13.6. The van der Waals surface area contributed by atoms with E-state index in [1.54, 1.807) is 10.6 Å². The number of rotatable bonds is 6. The number of carbonyl (C=O) groups excluding carboxylic acids is 1. The summed E-state index contributed by atoms with van der Waals surface area (Å²) in [5.74, 6) is 0.495. The lowest BCUT2D eigenvalue weighted by atomic mass is 10.1. The van der Waals surface area contributed by atoms with Crippen LogP contribution in [0.3, 0.4) is 0 Å². The van der Waals surface area contributed by atoms with Crippen molar-refractivity contribution in [3.05, 3.63) is 82.2 Å². The number of carbonyl (C=O) groups is 1. The van der Waals surface area contributed by atoms with Crippen molar-refractivity contribution in [1.29, 1.82) is 0 Å². The minimum Gasteiger partial charge on any atom is -0.337 e. The summed E-state index contributed by atoms with van der Waals surface area (Å²) < 4.78 is 21.9. The predicted octanol–water partition coefficient (Wildman–Crippen LogP) is 3.75. The van der Waals surface area contributed by atoms with Gasteiger partial charge in [-0.25, -0.2) is 9.37 Å². The van der Waals surface area contributed by atoms with Crippen LogP contribution in [-0.4, -0.2) is 30.2 Å². The van der Waals surface area contributed by atoms with Gasteiger partial charge in [0.05, 0.1) is 11.8 Å². The van der Waals surface area contributed by atoms with Crippen LogP contribution >= 0.6 is 0 Å². The Morgan fingerprint density at radius 2 is 2.09 bits per heavy atom. The van der Waals surface area contributed by atoms with Crippen molar-refractivity contribution in [2.45, 2.75) is 38.8 Å². The van der Waals surface area contributed by atoms with Crippen LogP contribution in [-0.2, 0) is 17.9 Å². The molecule has 0 bridgehead atoms. The summed E-state index contributed by atoms with van der Waals surface area (Å²) in [4.78, 5) is 35.4. The molecule has 176 valence electrons. The molecule has 1 saturated carbocycles. The first kappa shape index (κ1) is 21.2. The molecule has 1 fully saturated rings. The molecule has 1 amide bonds. The Morgan fingerprint density at radius 1 is 1.23 bits per heavy atom. The summed E-state index contributed by atoms with van der Waals surface area (Å²) in [6.07, 6.45) is 3.55. The third-order valence-corrected chi connectivity index (χ3v) is 6.12. The first-order chi connectivity index (χ1) is 17.0. The molecular formula is C25H21FN6O3. The van der Waals surface area contributed by atoms with E-state index in [1.165, 1.54) is 29.1 Å². The van der Waals surface area contributed by atoms with Crippen LogP contribution in [0, 0.1) is 12.7 Å². The summed E-state index contributed by atoms with van der Waals surface area (Å²) in [7, 11) is 0. The Bertz CT molecular complexity index is 1660. The lowest BCUT2D eigenvalue weighted by Gasteiger charge is -2.09. The Kier molecular flexibility index (Phi) is 4.94. The fourth-order valence-electron chi connectivity index (χ4n) is 4.29. The molecule has 1 aliphatic carbocycles. The highest BCUT2D eigenvalue weighted by molar-refractivity contribution is 6.06. The number of hydrogen-bond donors (Lipinski definition) is 1. The summed E-state index contributed by atoms with van der Waals surface area (Å²) in [6, 6.07) is 11.4. The third-order valence-electron chi connectivity index (χ3n) is 6.12. The molecule has 9 nitrogen and oxygen atoms in total. The smallest absolute Gasteiger partial charge is 0.278 e. The van der Waals surface area contributed by atoms with Gasteiger partial charge in [0.2, 0.25) is 11.8 Å². The topological polar surface area (TPSA) is 108 Å². The number of benzene rings is 2. The molecular weight excluding hydrogens is 451 g/mol. The molecule has 0 saturated heterocycles. The van der Waals surface area contributed by atoms with E-state index < -0.39 is 11.7 Å². The van der Waals surface area contributed by atoms with Gasteiger partial charge in [0, 0.05) is 17.0 Å². The number of aryl methyl sites for hydroxylation is 1. The SMILES string of the molecule is Cc1ccc2c(c1)c1ncn(Cc3nc(C4CC4)no3)c(=O)c1n2CC(=O)Nc1cccc(F)c1. The predicted molar refractivity (Wildman–Crippen MR) is 127 cm³/mol. The number of amides is 1. The molecule has 0 spiro atoms. The normalized spacial score (nSPS) is 13.5. The summed E-state index contributed by atoms with van der Waals surface area (Å²) in [6.45, 7) is 1.89. The summed E-state index contributed by atoms with van der Waals surface area (Å²) in [5.41, 5.74) is 2.53. The maximum Gasteiger partial charge on any atom is 0.278 e. The number of nitrogens with one attached hydrogen (secondary N) is 1. The van der Waals surface area contributed by atoms with Crippen LogP contribution in [0.15, 0.2) is 58.1 Å². The van der Waals surface area contributed by atoms with E-state index in [0.717, 1.165) is 23.8 Å². The second-order valence-electron chi connectivity index (χ2n) is 8.86. The molecule has 3 aromatic heterocycles. The Morgan fingerprint density at radius 3 is 2.89 bits per heavy atom. The standard InChI is InChI=1S/C25H21FN6O3/c1-14-5-8-19-18(9-14)22-23(32(19)11-20(33)28-17-4-2-3-16(26)10-17)25(34)31(13-27-22)12-21-29-24(30-35-21)15-6-7-15/h2-5,8-10,13,15H,6-7,11-12H2,1H3,(H,28,33). The number of hydrogen-bond acceptors (Lipinski definition) is 6. The van der Waals surface area contributed by atoms with Crippen LogP contribution in [0.1, 0.15) is 36.0 Å². The van der Waals surface area contributed by atoms with Gasteiger partial charge in [0.15, 0.2) is 5.82 Å². The van der Waals surface area contributed by atoms with E-state index in [1.807, 2.05) is 25.1 Å². The second kappa shape index (κ2) is 8.15. The van der Waals surface area contributed by atoms with Crippen LogP contribution in [0.25, 0.3) is 21.9 Å². The van der Waals surface area contributed by atoms with E-state index in [-0.39, 0.29) is 18.6 Å². The van der Waals surface area contributed by atoms with E-state index >= 15 is 0 Å². The molecule has 0 atom stereocenters. The summed E-state index contributed by atoms with van der Waals surface area (Å²) >= 11 is 0. The van der Waals surface area contributed by atoms with Crippen molar-refractivity contribution < 1.29 is 13.7 Å². The first-order valence-electron chi connectivity index (χ1n) is 11.3. The van der Waals surface area contributed by atoms with Crippen molar-refractivity contribution in [3.63, 3.8) is 0 Å². The molecule has 0 radical (unpaired) electrons. The average molecular weight is 472 g/mol. The molecule has 1 aliphatic rings. The lowest BCUT2D eigenvalue weighted by molar-refractivity contribution is -0.116. The van der Waals surface area contributed by atoms with Gasteiger partial charge in [-0.1, -0.05) is 22.9 Å². The number of anilines is 1. The maximum absolute atomic E-state index is 13.6.